The largest absolute Gasteiger partial charge is 0.294 e. The van der Waals surface area contributed by atoms with Crippen molar-refractivity contribution in [2.45, 2.75) is 20.8 Å². The molecule has 1 aromatic rings. The molecule has 0 saturated carbocycles. The summed E-state index contributed by atoms with van der Waals surface area (Å²) in [5.74, 6) is -2.71. The zero-order valence-electron chi connectivity index (χ0n) is 13.1. The Hall–Kier alpha value is -2.43. The normalized spacial score (nSPS) is 13.3. The first-order chi connectivity index (χ1) is 10.3. The van der Waals surface area contributed by atoms with Crippen molar-refractivity contribution in [2.24, 2.45) is 10.2 Å². The Bertz CT molecular complexity index is 701. The third-order valence-electron chi connectivity index (χ3n) is 3.16. The number of rotatable bonds is 5. The van der Waals surface area contributed by atoms with Crippen molar-refractivity contribution >= 4 is 11.4 Å². The van der Waals surface area contributed by atoms with Crippen LogP contribution in [0.3, 0.4) is 0 Å². The summed E-state index contributed by atoms with van der Waals surface area (Å²) < 4.78 is 28.0. The molecule has 0 unspecified atom stereocenters. The minimum atomic E-state index is -1.14. The van der Waals surface area contributed by atoms with Crippen molar-refractivity contribution in [3.8, 4) is 0 Å². The number of Topliss-reactive ketones (excluding diaryl/α,β-unsaturated/α-hetero) is 1. The molecule has 22 heavy (non-hydrogen) atoms. The summed E-state index contributed by atoms with van der Waals surface area (Å²) in [5.41, 5.74) is 1.54. The van der Waals surface area contributed by atoms with Crippen molar-refractivity contribution in [3.63, 3.8) is 0 Å². The monoisotopic (exact) mass is 304 g/mol. The Morgan fingerprint density at radius 2 is 1.68 bits per heavy atom. The number of ketones is 1. The average molecular weight is 304 g/mol. The molecule has 0 N–H and O–H groups in total. The van der Waals surface area contributed by atoms with Gasteiger partial charge in [-0.2, -0.15) is 10.2 Å². The molecule has 5 heteroatoms. The lowest BCUT2D eigenvalue weighted by molar-refractivity contribution is 0.101. The maximum atomic E-state index is 14.1. The molecule has 0 aliphatic rings. The van der Waals surface area contributed by atoms with Crippen LogP contribution in [0.4, 0.5) is 8.78 Å². The number of benzene rings is 1. The van der Waals surface area contributed by atoms with Crippen LogP contribution >= 0.6 is 0 Å². The van der Waals surface area contributed by atoms with Gasteiger partial charge in [0.05, 0.1) is 11.3 Å². The number of hydrogen-bond donors (Lipinski definition) is 0. The van der Waals surface area contributed by atoms with Gasteiger partial charge in [-0.05, 0) is 44.1 Å². The molecule has 3 nitrogen and oxygen atoms in total. The van der Waals surface area contributed by atoms with Crippen LogP contribution in [0.25, 0.3) is 5.57 Å². The van der Waals surface area contributed by atoms with Crippen LogP contribution in [0.2, 0.25) is 0 Å². The quantitative estimate of drug-likeness (QED) is 0.423. The van der Waals surface area contributed by atoms with E-state index in [2.05, 4.69) is 16.8 Å². The highest BCUT2D eigenvalue weighted by Gasteiger charge is 2.17. The van der Waals surface area contributed by atoms with Gasteiger partial charge < -0.3 is 0 Å². The van der Waals surface area contributed by atoms with Gasteiger partial charge in [-0.1, -0.05) is 18.7 Å². The number of hydrogen-bond acceptors (Lipinski definition) is 3. The predicted octanol–water partition coefficient (Wildman–Crippen LogP) is 5.11. The van der Waals surface area contributed by atoms with E-state index < -0.39 is 17.4 Å². The van der Waals surface area contributed by atoms with Gasteiger partial charge in [0.2, 0.25) is 0 Å². The SMILES string of the molecule is C=C/C(C)=C(\C=C(/C)c1ccc(C(C)=O)c(F)c1F)N=NC. The Morgan fingerprint density at radius 3 is 2.18 bits per heavy atom. The molecule has 0 amide bonds. The molecular formula is C17H18F2N2O. The highest BCUT2D eigenvalue weighted by molar-refractivity contribution is 5.94. The molecule has 0 spiro atoms. The minimum absolute atomic E-state index is 0.0724. The summed E-state index contributed by atoms with van der Waals surface area (Å²) in [4.78, 5) is 11.2. The molecule has 0 atom stereocenters. The summed E-state index contributed by atoms with van der Waals surface area (Å²) in [5, 5.41) is 7.64. The van der Waals surface area contributed by atoms with Crippen molar-refractivity contribution in [2.75, 3.05) is 7.05 Å². The number of allylic oxidation sites excluding steroid dienone is 4. The zero-order chi connectivity index (χ0) is 16.9. The molecule has 0 bridgehead atoms. The second-order valence-corrected chi connectivity index (χ2v) is 4.74. The van der Waals surface area contributed by atoms with Crippen LogP contribution in [0, 0.1) is 11.6 Å². The van der Waals surface area contributed by atoms with Crippen LogP contribution in [-0.4, -0.2) is 12.8 Å². The number of azo groups is 1. The van der Waals surface area contributed by atoms with Crippen LogP contribution in [0.15, 0.2) is 52.4 Å². The van der Waals surface area contributed by atoms with Gasteiger partial charge in [-0.25, -0.2) is 8.78 Å². The molecule has 0 saturated heterocycles. The first-order valence-corrected chi connectivity index (χ1v) is 6.64. The van der Waals surface area contributed by atoms with Gasteiger partial charge in [0.1, 0.15) is 0 Å². The Kier molecular flexibility index (Phi) is 6.04. The molecule has 0 heterocycles. The van der Waals surface area contributed by atoms with Crippen LogP contribution in [-0.2, 0) is 0 Å². The maximum Gasteiger partial charge on any atom is 0.170 e. The Morgan fingerprint density at radius 1 is 1.14 bits per heavy atom. The Labute approximate surface area is 128 Å². The number of nitrogens with zero attached hydrogens (tertiary/aromatic N) is 2. The van der Waals surface area contributed by atoms with Gasteiger partial charge in [-0.15, -0.1) is 0 Å². The molecule has 0 fully saturated rings. The highest BCUT2D eigenvalue weighted by atomic mass is 19.2. The smallest absolute Gasteiger partial charge is 0.170 e. The number of carbonyl (C=O) groups is 1. The summed E-state index contributed by atoms with van der Waals surface area (Å²) >= 11 is 0. The molecule has 0 aliphatic heterocycles. The van der Waals surface area contributed by atoms with E-state index in [4.69, 9.17) is 0 Å². The predicted molar refractivity (Wildman–Crippen MR) is 83.7 cm³/mol. The van der Waals surface area contributed by atoms with Crippen molar-refractivity contribution in [3.05, 3.63) is 64.9 Å². The highest BCUT2D eigenvalue weighted by Crippen LogP contribution is 2.25. The summed E-state index contributed by atoms with van der Waals surface area (Å²) in [6, 6.07) is 2.66. The van der Waals surface area contributed by atoms with Gasteiger partial charge in [0, 0.05) is 12.6 Å². The fourth-order valence-corrected chi connectivity index (χ4v) is 1.84. The first-order valence-electron chi connectivity index (χ1n) is 6.64. The molecule has 116 valence electrons. The summed E-state index contributed by atoms with van der Waals surface area (Å²) in [6.45, 7) is 8.26. The van der Waals surface area contributed by atoms with Crippen LogP contribution in [0.5, 0.6) is 0 Å². The molecular weight excluding hydrogens is 286 g/mol. The standard InChI is InChI=1S/C17H18F2N2O/c1-6-10(2)15(21-20-5)9-11(3)13-7-8-14(12(4)22)17(19)16(13)18/h6-9H,1H2,2-5H3/b11-9+,15-10+,21-20?. The average Bonchev–Trinajstić information content (AvgIpc) is 2.48. The lowest BCUT2D eigenvalue weighted by Crippen LogP contribution is -2.02. The molecule has 0 aliphatic carbocycles. The third kappa shape index (κ3) is 3.81. The number of halogens is 2. The van der Waals surface area contributed by atoms with E-state index in [0.29, 0.717) is 11.3 Å². The molecule has 1 rings (SSSR count). The summed E-state index contributed by atoms with van der Waals surface area (Å²) in [7, 11) is 1.52. The zero-order valence-corrected chi connectivity index (χ0v) is 13.1. The van der Waals surface area contributed by atoms with E-state index in [1.165, 1.54) is 26.1 Å². The maximum absolute atomic E-state index is 14.1. The van der Waals surface area contributed by atoms with Crippen molar-refractivity contribution < 1.29 is 13.6 Å². The summed E-state index contributed by atoms with van der Waals surface area (Å²) in [6.07, 6.45) is 3.19. The van der Waals surface area contributed by atoms with Gasteiger partial charge in [0.15, 0.2) is 17.4 Å². The van der Waals surface area contributed by atoms with Gasteiger partial charge in [0.25, 0.3) is 0 Å². The molecule has 0 radical (unpaired) electrons. The van der Waals surface area contributed by atoms with E-state index in [0.717, 1.165) is 5.57 Å². The van der Waals surface area contributed by atoms with Gasteiger partial charge >= 0.3 is 0 Å². The van der Waals surface area contributed by atoms with E-state index in [1.807, 2.05) is 0 Å². The van der Waals surface area contributed by atoms with E-state index in [1.54, 1.807) is 26.0 Å². The van der Waals surface area contributed by atoms with Gasteiger partial charge in [-0.3, -0.25) is 4.79 Å². The van der Waals surface area contributed by atoms with Crippen molar-refractivity contribution in [1.82, 2.24) is 0 Å². The second kappa shape index (κ2) is 7.54. The van der Waals surface area contributed by atoms with E-state index in [9.17, 15) is 13.6 Å². The number of carbonyl (C=O) groups excluding carboxylic acids is 1. The third-order valence-corrected chi connectivity index (χ3v) is 3.16. The lowest BCUT2D eigenvalue weighted by atomic mass is 10.0. The van der Waals surface area contributed by atoms with Crippen LogP contribution < -0.4 is 0 Å². The lowest BCUT2D eigenvalue weighted by Gasteiger charge is -2.08. The Balaban J connectivity index is 3.43. The second-order valence-electron chi connectivity index (χ2n) is 4.74. The minimum Gasteiger partial charge on any atom is -0.294 e. The molecule has 1 aromatic carbocycles. The molecule has 0 aromatic heterocycles. The topological polar surface area (TPSA) is 41.8 Å². The first kappa shape index (κ1) is 17.6. The fraction of sp³-hybridized carbons (Fsp3) is 0.235. The van der Waals surface area contributed by atoms with E-state index in [-0.39, 0.29) is 11.1 Å². The fourth-order valence-electron chi connectivity index (χ4n) is 1.84. The van der Waals surface area contributed by atoms with Crippen LogP contribution in [0.1, 0.15) is 36.7 Å². The van der Waals surface area contributed by atoms with Crippen molar-refractivity contribution in [1.29, 1.82) is 0 Å². The van der Waals surface area contributed by atoms with E-state index >= 15 is 0 Å².